The zero-order valence-electron chi connectivity index (χ0n) is 20.5. The molecule has 0 spiro atoms. The van der Waals surface area contributed by atoms with E-state index in [0.29, 0.717) is 0 Å². The summed E-state index contributed by atoms with van der Waals surface area (Å²) in [5.74, 6) is 1.34. The topological polar surface area (TPSA) is 0 Å². The van der Waals surface area contributed by atoms with Crippen LogP contribution >= 0.6 is 0 Å². The number of hydrogen-bond donors (Lipinski definition) is 0. The van der Waals surface area contributed by atoms with Crippen LogP contribution in [0.5, 0.6) is 0 Å². The summed E-state index contributed by atoms with van der Waals surface area (Å²) in [6.45, 7) is 2.29. The third kappa shape index (κ3) is 8.64. The van der Waals surface area contributed by atoms with Gasteiger partial charge in [-0.2, -0.15) is 0 Å². The van der Waals surface area contributed by atoms with E-state index in [4.69, 9.17) is 0 Å². The van der Waals surface area contributed by atoms with Gasteiger partial charge in [0.1, 0.15) is 0 Å². The van der Waals surface area contributed by atoms with Gasteiger partial charge in [-0.15, -0.1) is 0 Å². The van der Waals surface area contributed by atoms with Crippen LogP contribution in [0, 0.1) is 29.4 Å². The Kier molecular flexibility index (Phi) is 11.3. The van der Waals surface area contributed by atoms with Crippen LogP contribution in [-0.2, 0) is 6.42 Å². The molecule has 2 aliphatic rings. The SMILES string of the molecule is CCCCCCCCCCC1CCC(C2CC=C(CCc3ccc(F)c(F)c3)CC2)CC1. The number of rotatable bonds is 13. The minimum Gasteiger partial charge on any atom is -0.204 e. The van der Waals surface area contributed by atoms with Crippen molar-refractivity contribution in [2.75, 3.05) is 0 Å². The van der Waals surface area contributed by atoms with E-state index in [1.807, 2.05) is 0 Å². The molecular formula is C30H46F2. The van der Waals surface area contributed by atoms with Crippen LogP contribution in [0.15, 0.2) is 29.8 Å². The number of unbranched alkanes of at least 4 members (excludes halogenated alkanes) is 7. The smallest absolute Gasteiger partial charge is 0.159 e. The highest BCUT2D eigenvalue weighted by Crippen LogP contribution is 2.41. The van der Waals surface area contributed by atoms with E-state index in [9.17, 15) is 8.78 Å². The van der Waals surface area contributed by atoms with Crippen LogP contribution in [0.1, 0.15) is 122 Å². The van der Waals surface area contributed by atoms with E-state index in [1.54, 1.807) is 6.07 Å². The molecule has 0 bridgehead atoms. The summed E-state index contributed by atoms with van der Waals surface area (Å²) in [7, 11) is 0. The molecule has 1 saturated carbocycles. The molecule has 0 N–H and O–H groups in total. The average Bonchev–Trinajstić information content (AvgIpc) is 2.82. The van der Waals surface area contributed by atoms with E-state index in [2.05, 4.69) is 13.0 Å². The number of aryl methyl sites for hydroxylation is 1. The Morgan fingerprint density at radius 2 is 1.47 bits per heavy atom. The van der Waals surface area contributed by atoms with Crippen LogP contribution in [0.25, 0.3) is 0 Å². The van der Waals surface area contributed by atoms with Crippen molar-refractivity contribution < 1.29 is 8.78 Å². The Labute approximate surface area is 196 Å². The van der Waals surface area contributed by atoms with Gasteiger partial charge in [-0.25, -0.2) is 8.78 Å². The van der Waals surface area contributed by atoms with Crippen molar-refractivity contribution >= 4 is 0 Å². The number of halogens is 2. The van der Waals surface area contributed by atoms with Crippen molar-refractivity contribution in [2.24, 2.45) is 17.8 Å². The second kappa shape index (κ2) is 14.2. The Hall–Kier alpha value is -1.18. The van der Waals surface area contributed by atoms with Crippen molar-refractivity contribution in [2.45, 2.75) is 122 Å². The first kappa shape index (κ1) is 25.4. The van der Waals surface area contributed by atoms with Crippen LogP contribution in [0.3, 0.4) is 0 Å². The minimum atomic E-state index is -0.749. The van der Waals surface area contributed by atoms with Crippen molar-refractivity contribution in [3.63, 3.8) is 0 Å². The van der Waals surface area contributed by atoms with Crippen LogP contribution in [0.2, 0.25) is 0 Å². The zero-order valence-corrected chi connectivity index (χ0v) is 20.5. The van der Waals surface area contributed by atoms with Crippen LogP contribution in [0.4, 0.5) is 8.78 Å². The van der Waals surface area contributed by atoms with E-state index >= 15 is 0 Å². The fourth-order valence-electron chi connectivity index (χ4n) is 6.08. The molecule has 2 heteroatoms. The molecular weight excluding hydrogens is 398 g/mol. The molecule has 1 atom stereocenters. The highest BCUT2D eigenvalue weighted by atomic mass is 19.2. The van der Waals surface area contributed by atoms with E-state index in [1.165, 1.54) is 120 Å². The van der Waals surface area contributed by atoms with Gasteiger partial charge in [-0.3, -0.25) is 0 Å². The molecule has 0 heterocycles. The number of allylic oxidation sites excluding steroid dienone is 2. The predicted octanol–water partition coefficient (Wildman–Crippen LogP) is 9.96. The largest absolute Gasteiger partial charge is 0.204 e. The summed E-state index contributed by atoms with van der Waals surface area (Å²) in [5, 5.41) is 0. The van der Waals surface area contributed by atoms with Gasteiger partial charge in [0.2, 0.25) is 0 Å². The normalized spacial score (nSPS) is 23.8. The molecule has 1 fully saturated rings. The van der Waals surface area contributed by atoms with Crippen LogP contribution < -0.4 is 0 Å². The summed E-state index contributed by atoms with van der Waals surface area (Å²) in [4.78, 5) is 0. The second-order valence-electron chi connectivity index (χ2n) is 10.7. The lowest BCUT2D eigenvalue weighted by molar-refractivity contribution is 0.185. The molecule has 0 saturated heterocycles. The van der Waals surface area contributed by atoms with E-state index in [-0.39, 0.29) is 0 Å². The third-order valence-corrected chi connectivity index (χ3v) is 8.29. The van der Waals surface area contributed by atoms with Gasteiger partial charge in [0.05, 0.1) is 0 Å². The summed E-state index contributed by atoms with van der Waals surface area (Å²) in [6, 6.07) is 4.32. The summed E-state index contributed by atoms with van der Waals surface area (Å²) in [5.41, 5.74) is 2.43. The second-order valence-corrected chi connectivity index (χ2v) is 10.7. The molecule has 2 aliphatic carbocycles. The predicted molar refractivity (Wildman–Crippen MR) is 133 cm³/mol. The number of benzene rings is 1. The molecule has 0 aliphatic heterocycles. The first-order chi connectivity index (χ1) is 15.7. The molecule has 0 nitrogen and oxygen atoms in total. The molecule has 0 radical (unpaired) electrons. The maximum Gasteiger partial charge on any atom is 0.159 e. The van der Waals surface area contributed by atoms with Crippen molar-refractivity contribution in [1.29, 1.82) is 0 Å². The molecule has 0 amide bonds. The summed E-state index contributed by atoms with van der Waals surface area (Å²) in [6.07, 6.45) is 26.8. The highest BCUT2D eigenvalue weighted by molar-refractivity contribution is 5.20. The lowest BCUT2D eigenvalue weighted by atomic mass is 9.70. The maximum absolute atomic E-state index is 13.4. The Balaban J connectivity index is 1.26. The Bertz CT molecular complexity index is 684. The monoisotopic (exact) mass is 444 g/mol. The fraction of sp³-hybridized carbons (Fsp3) is 0.733. The zero-order chi connectivity index (χ0) is 22.6. The first-order valence-corrected chi connectivity index (χ1v) is 13.8. The lowest BCUT2D eigenvalue weighted by Crippen LogP contribution is -2.23. The summed E-state index contributed by atoms with van der Waals surface area (Å²) >= 11 is 0. The molecule has 0 aromatic heterocycles. The van der Waals surface area contributed by atoms with Crippen LogP contribution in [-0.4, -0.2) is 0 Å². The van der Waals surface area contributed by atoms with Gasteiger partial charge in [-0.05, 0) is 80.4 Å². The fourth-order valence-corrected chi connectivity index (χ4v) is 6.08. The Morgan fingerprint density at radius 3 is 2.12 bits per heavy atom. The van der Waals surface area contributed by atoms with Gasteiger partial charge >= 0.3 is 0 Å². The van der Waals surface area contributed by atoms with Gasteiger partial charge in [0.25, 0.3) is 0 Å². The average molecular weight is 445 g/mol. The van der Waals surface area contributed by atoms with Crippen molar-refractivity contribution in [3.8, 4) is 0 Å². The lowest BCUT2D eigenvalue weighted by Gasteiger charge is -2.35. The van der Waals surface area contributed by atoms with E-state index < -0.39 is 11.6 Å². The number of hydrogen-bond acceptors (Lipinski definition) is 0. The van der Waals surface area contributed by atoms with Crippen molar-refractivity contribution in [1.82, 2.24) is 0 Å². The highest BCUT2D eigenvalue weighted by Gasteiger charge is 2.28. The van der Waals surface area contributed by atoms with Gasteiger partial charge in [0, 0.05) is 0 Å². The quantitative estimate of drug-likeness (QED) is 0.210. The van der Waals surface area contributed by atoms with Gasteiger partial charge in [0.15, 0.2) is 11.6 Å². The molecule has 1 aromatic carbocycles. The third-order valence-electron chi connectivity index (χ3n) is 8.29. The van der Waals surface area contributed by atoms with Gasteiger partial charge in [-0.1, -0.05) is 95.3 Å². The Morgan fingerprint density at radius 1 is 0.750 bits per heavy atom. The molecule has 32 heavy (non-hydrogen) atoms. The minimum absolute atomic E-state index is 0.724. The standard InChI is InChI=1S/C30H46F2/c1-2-3-4-5-6-7-8-9-10-24-13-18-27(19-14-24)28-20-15-25(16-21-28)11-12-26-17-22-29(31)30(32)23-26/h15,17,22-24,27-28H,2-14,16,18-21H2,1H3. The molecule has 1 unspecified atom stereocenters. The maximum atomic E-state index is 13.4. The first-order valence-electron chi connectivity index (χ1n) is 13.8. The summed E-state index contributed by atoms with van der Waals surface area (Å²) < 4.78 is 26.5. The van der Waals surface area contributed by atoms with Gasteiger partial charge < -0.3 is 0 Å². The van der Waals surface area contributed by atoms with Crippen molar-refractivity contribution in [3.05, 3.63) is 47.0 Å². The molecule has 1 aromatic rings. The van der Waals surface area contributed by atoms with E-state index in [0.717, 1.165) is 36.2 Å². The molecule has 3 rings (SSSR count). The molecule has 180 valence electrons.